The minimum absolute atomic E-state index is 0.0737. The molecule has 0 aromatic rings. The van der Waals surface area contributed by atoms with Gasteiger partial charge in [0, 0.05) is 19.3 Å². The lowest BCUT2D eigenvalue weighted by Crippen LogP contribution is -2.30. The van der Waals surface area contributed by atoms with Crippen LogP contribution in [0.4, 0.5) is 0 Å². The van der Waals surface area contributed by atoms with E-state index in [1.54, 1.807) is 0 Å². The van der Waals surface area contributed by atoms with Gasteiger partial charge in [-0.2, -0.15) is 0 Å². The van der Waals surface area contributed by atoms with E-state index in [4.69, 9.17) is 14.2 Å². The van der Waals surface area contributed by atoms with Crippen LogP contribution in [0.5, 0.6) is 0 Å². The lowest BCUT2D eigenvalue weighted by molar-refractivity contribution is -0.167. The summed E-state index contributed by atoms with van der Waals surface area (Å²) in [4.78, 5) is 37.5. The molecule has 0 aliphatic rings. The average molecular weight is 825 g/mol. The van der Waals surface area contributed by atoms with Gasteiger partial charge in [0.25, 0.3) is 0 Å². The zero-order valence-corrected chi connectivity index (χ0v) is 38.8. The Morgan fingerprint density at radius 3 is 1.03 bits per heavy atom. The summed E-state index contributed by atoms with van der Waals surface area (Å²) in [5, 5.41) is 0. The first kappa shape index (κ1) is 56.1. The Hall–Kier alpha value is -2.89. The molecule has 0 aromatic heterocycles. The lowest BCUT2D eigenvalue weighted by atomic mass is 10.0. The van der Waals surface area contributed by atoms with Crippen LogP contribution in [0.1, 0.15) is 239 Å². The first-order valence-corrected chi connectivity index (χ1v) is 24.8. The highest BCUT2D eigenvalue weighted by Crippen LogP contribution is 2.15. The van der Waals surface area contributed by atoms with E-state index in [0.717, 1.165) is 96.3 Å². The molecule has 0 fully saturated rings. The van der Waals surface area contributed by atoms with Crippen molar-refractivity contribution < 1.29 is 28.6 Å². The maximum absolute atomic E-state index is 12.6. The van der Waals surface area contributed by atoms with E-state index in [0.29, 0.717) is 19.3 Å². The molecular formula is C53H92O6. The maximum Gasteiger partial charge on any atom is 0.306 e. The molecule has 0 heterocycles. The van der Waals surface area contributed by atoms with Gasteiger partial charge in [-0.1, -0.05) is 216 Å². The van der Waals surface area contributed by atoms with Crippen LogP contribution in [0.3, 0.4) is 0 Å². The Morgan fingerprint density at radius 1 is 0.356 bits per heavy atom. The molecular weight excluding hydrogens is 733 g/mol. The Morgan fingerprint density at radius 2 is 0.661 bits per heavy atom. The Labute approximate surface area is 364 Å². The molecule has 0 aliphatic heterocycles. The zero-order chi connectivity index (χ0) is 43.0. The molecule has 1 atom stereocenters. The molecule has 0 spiro atoms. The van der Waals surface area contributed by atoms with Crippen LogP contribution < -0.4 is 0 Å². The van der Waals surface area contributed by atoms with Gasteiger partial charge in [0.15, 0.2) is 6.10 Å². The van der Waals surface area contributed by atoms with Crippen molar-refractivity contribution in [1.82, 2.24) is 0 Å². The molecule has 1 unspecified atom stereocenters. The second kappa shape index (κ2) is 47.8. The summed E-state index contributed by atoms with van der Waals surface area (Å²) in [6.45, 7) is 6.41. The largest absolute Gasteiger partial charge is 0.462 e. The summed E-state index contributed by atoms with van der Waals surface area (Å²) in [6, 6.07) is 0. The van der Waals surface area contributed by atoms with Gasteiger partial charge in [-0.25, -0.2) is 0 Å². The number of rotatable bonds is 44. The molecule has 0 bridgehead atoms. The summed E-state index contributed by atoms with van der Waals surface area (Å²) in [5.74, 6) is -0.892. The Bertz CT molecular complexity index is 1090. The molecule has 0 aliphatic carbocycles. The van der Waals surface area contributed by atoms with Crippen LogP contribution in [0.15, 0.2) is 60.8 Å². The number of carbonyl (C=O) groups excluding carboxylic acids is 3. The summed E-state index contributed by atoms with van der Waals surface area (Å²) < 4.78 is 16.6. The first-order valence-electron chi connectivity index (χ1n) is 24.8. The third kappa shape index (κ3) is 46.0. The summed E-state index contributed by atoms with van der Waals surface area (Å²) in [7, 11) is 0. The SMILES string of the molecule is CC/C=C\C/C=C\C/C=C\C/C=C\C/C=C\CCCCCCCCCCCCCC(=O)OCC(COC(=O)CCCCCCC)OC(=O)CCCCCCCCCCC. The van der Waals surface area contributed by atoms with E-state index in [1.807, 2.05) is 0 Å². The van der Waals surface area contributed by atoms with E-state index in [2.05, 4.69) is 81.5 Å². The highest BCUT2D eigenvalue weighted by Gasteiger charge is 2.19. The molecule has 0 N–H and O–H groups in total. The van der Waals surface area contributed by atoms with Crippen LogP contribution in [0.25, 0.3) is 0 Å². The highest BCUT2D eigenvalue weighted by molar-refractivity contribution is 5.71. The van der Waals surface area contributed by atoms with Gasteiger partial charge in [0.1, 0.15) is 13.2 Å². The van der Waals surface area contributed by atoms with E-state index in [9.17, 15) is 14.4 Å². The minimum Gasteiger partial charge on any atom is -0.462 e. The summed E-state index contributed by atoms with van der Waals surface area (Å²) in [5.41, 5.74) is 0. The van der Waals surface area contributed by atoms with Crippen molar-refractivity contribution >= 4 is 17.9 Å². The number of hydrogen-bond acceptors (Lipinski definition) is 6. The molecule has 0 saturated carbocycles. The molecule has 0 saturated heterocycles. The molecule has 340 valence electrons. The molecule has 0 rings (SSSR count). The van der Waals surface area contributed by atoms with Crippen molar-refractivity contribution in [3.63, 3.8) is 0 Å². The average Bonchev–Trinajstić information content (AvgIpc) is 3.23. The van der Waals surface area contributed by atoms with Crippen molar-refractivity contribution in [1.29, 1.82) is 0 Å². The predicted octanol–water partition coefficient (Wildman–Crippen LogP) is 16.1. The Balaban J connectivity index is 4.00. The first-order chi connectivity index (χ1) is 29.0. The van der Waals surface area contributed by atoms with Gasteiger partial charge >= 0.3 is 17.9 Å². The normalized spacial score (nSPS) is 12.5. The van der Waals surface area contributed by atoms with Gasteiger partial charge < -0.3 is 14.2 Å². The maximum atomic E-state index is 12.6. The number of allylic oxidation sites excluding steroid dienone is 10. The van der Waals surface area contributed by atoms with Gasteiger partial charge in [0.05, 0.1) is 0 Å². The molecule has 0 aromatic carbocycles. The molecule has 0 radical (unpaired) electrons. The standard InChI is InChI=1S/C53H92O6/c1-4-7-10-13-15-17-18-19-20-21-22-23-24-25-26-27-28-29-30-31-32-33-34-36-37-40-43-46-52(55)58-49-50(48-57-51(54)45-42-39-12-9-6-3)59-53(56)47-44-41-38-35-16-14-11-8-5-2/h7,10,15,17,19-20,22-23,25-26,50H,4-6,8-9,11-14,16,18,21,24,27-49H2,1-3H3/b10-7-,17-15-,20-19-,23-22-,26-25-. The number of esters is 3. The van der Waals surface area contributed by atoms with Crippen LogP contribution in [-0.2, 0) is 28.6 Å². The van der Waals surface area contributed by atoms with Crippen molar-refractivity contribution in [2.24, 2.45) is 0 Å². The van der Waals surface area contributed by atoms with E-state index < -0.39 is 6.10 Å². The fourth-order valence-corrected chi connectivity index (χ4v) is 6.82. The number of hydrogen-bond donors (Lipinski definition) is 0. The lowest BCUT2D eigenvalue weighted by Gasteiger charge is -2.18. The van der Waals surface area contributed by atoms with Gasteiger partial charge in [0.2, 0.25) is 0 Å². The topological polar surface area (TPSA) is 78.9 Å². The quantitative estimate of drug-likeness (QED) is 0.0263. The molecule has 0 amide bonds. The molecule has 6 heteroatoms. The second-order valence-electron chi connectivity index (χ2n) is 16.4. The summed E-state index contributed by atoms with van der Waals surface area (Å²) in [6.07, 6.45) is 58.3. The third-order valence-corrected chi connectivity index (χ3v) is 10.5. The van der Waals surface area contributed by atoms with Gasteiger partial charge in [-0.3, -0.25) is 14.4 Å². The van der Waals surface area contributed by atoms with E-state index in [1.165, 1.54) is 103 Å². The van der Waals surface area contributed by atoms with E-state index in [-0.39, 0.29) is 31.1 Å². The summed E-state index contributed by atoms with van der Waals surface area (Å²) >= 11 is 0. The van der Waals surface area contributed by atoms with Crippen molar-refractivity contribution in [2.75, 3.05) is 13.2 Å². The van der Waals surface area contributed by atoms with Gasteiger partial charge in [-0.05, 0) is 64.2 Å². The zero-order valence-electron chi connectivity index (χ0n) is 38.8. The smallest absolute Gasteiger partial charge is 0.306 e. The third-order valence-electron chi connectivity index (χ3n) is 10.5. The number of carbonyl (C=O) groups is 3. The Kier molecular flexibility index (Phi) is 45.4. The van der Waals surface area contributed by atoms with Crippen molar-refractivity contribution in [3.8, 4) is 0 Å². The number of ether oxygens (including phenoxy) is 3. The fraction of sp³-hybridized carbons (Fsp3) is 0.755. The highest BCUT2D eigenvalue weighted by atomic mass is 16.6. The van der Waals surface area contributed by atoms with Crippen LogP contribution >= 0.6 is 0 Å². The molecule has 6 nitrogen and oxygen atoms in total. The number of unbranched alkanes of at least 4 members (excludes halogenated alkanes) is 23. The van der Waals surface area contributed by atoms with Crippen LogP contribution in [-0.4, -0.2) is 37.2 Å². The molecule has 59 heavy (non-hydrogen) atoms. The second-order valence-corrected chi connectivity index (χ2v) is 16.4. The van der Waals surface area contributed by atoms with Crippen LogP contribution in [0, 0.1) is 0 Å². The van der Waals surface area contributed by atoms with Gasteiger partial charge in [-0.15, -0.1) is 0 Å². The monoisotopic (exact) mass is 825 g/mol. The minimum atomic E-state index is -0.766. The predicted molar refractivity (Wildman–Crippen MR) is 251 cm³/mol. The van der Waals surface area contributed by atoms with Crippen LogP contribution in [0.2, 0.25) is 0 Å². The van der Waals surface area contributed by atoms with E-state index >= 15 is 0 Å². The van der Waals surface area contributed by atoms with Crippen molar-refractivity contribution in [2.45, 2.75) is 245 Å². The van der Waals surface area contributed by atoms with Crippen molar-refractivity contribution in [3.05, 3.63) is 60.8 Å². The fourth-order valence-electron chi connectivity index (χ4n) is 6.82.